The van der Waals surface area contributed by atoms with Gasteiger partial charge in [-0.15, -0.1) is 0 Å². The molecule has 0 amide bonds. The molecule has 1 aliphatic rings. The number of ether oxygens (including phenoxy) is 1. The number of nitrogens with zero attached hydrogens (tertiary/aromatic N) is 2. The second-order valence-corrected chi connectivity index (χ2v) is 7.40. The fourth-order valence-electron chi connectivity index (χ4n) is 2.24. The summed E-state index contributed by atoms with van der Waals surface area (Å²) in [4.78, 5) is 0. The molecule has 1 aliphatic carbocycles. The largest absolute Gasteiger partial charge is 0.373 e. The summed E-state index contributed by atoms with van der Waals surface area (Å²) in [5.74, 6) is 2.99. The quantitative estimate of drug-likeness (QED) is 0.825. The standard InChI is InChI=1S/C15H24N2OS/c1-11-5-6-13(17-16-11)10-19-9-12-7-14(8-12)18-15(2,3)4/h5-6,12,14H,7-10H2,1-4H3. The molecule has 0 radical (unpaired) electrons. The molecule has 1 aromatic heterocycles. The summed E-state index contributed by atoms with van der Waals surface area (Å²) in [7, 11) is 0. The van der Waals surface area contributed by atoms with Crippen molar-refractivity contribution in [3.05, 3.63) is 23.5 Å². The number of aryl methyl sites for hydroxylation is 1. The van der Waals surface area contributed by atoms with Crippen LogP contribution >= 0.6 is 11.8 Å². The van der Waals surface area contributed by atoms with Crippen LogP contribution in [0, 0.1) is 12.8 Å². The lowest BCUT2D eigenvalue weighted by Crippen LogP contribution is -2.38. The van der Waals surface area contributed by atoms with Crippen LogP contribution in [0.15, 0.2) is 12.1 Å². The third kappa shape index (κ3) is 5.11. The minimum absolute atomic E-state index is 0.000265. The Morgan fingerprint density at radius 2 is 2.00 bits per heavy atom. The molecule has 1 heterocycles. The van der Waals surface area contributed by atoms with E-state index in [2.05, 4.69) is 37.0 Å². The number of thioether (sulfide) groups is 1. The van der Waals surface area contributed by atoms with E-state index in [1.165, 1.54) is 18.6 Å². The predicted molar refractivity (Wildman–Crippen MR) is 80.3 cm³/mol. The van der Waals surface area contributed by atoms with Crippen LogP contribution in [0.4, 0.5) is 0 Å². The summed E-state index contributed by atoms with van der Waals surface area (Å²) >= 11 is 1.96. The van der Waals surface area contributed by atoms with Crippen molar-refractivity contribution in [3.63, 3.8) is 0 Å². The first-order chi connectivity index (χ1) is 8.92. The molecule has 4 heteroatoms. The Morgan fingerprint density at radius 3 is 2.58 bits per heavy atom. The van der Waals surface area contributed by atoms with Crippen molar-refractivity contribution in [2.75, 3.05) is 5.75 Å². The van der Waals surface area contributed by atoms with Crippen molar-refractivity contribution < 1.29 is 4.74 Å². The number of aromatic nitrogens is 2. The molecular formula is C15H24N2OS. The molecule has 0 spiro atoms. The summed E-state index contributed by atoms with van der Waals surface area (Å²) in [5, 5.41) is 8.27. The average molecular weight is 280 g/mol. The maximum Gasteiger partial charge on any atom is 0.0730 e. The molecule has 19 heavy (non-hydrogen) atoms. The highest BCUT2D eigenvalue weighted by Crippen LogP contribution is 2.35. The highest BCUT2D eigenvalue weighted by Gasteiger charge is 2.32. The predicted octanol–water partition coefficient (Wildman–Crippen LogP) is 3.61. The number of hydrogen-bond acceptors (Lipinski definition) is 4. The lowest BCUT2D eigenvalue weighted by molar-refractivity contribution is -0.108. The highest BCUT2D eigenvalue weighted by molar-refractivity contribution is 7.98. The van der Waals surface area contributed by atoms with Gasteiger partial charge in [-0.25, -0.2) is 0 Å². The maximum atomic E-state index is 5.95. The summed E-state index contributed by atoms with van der Waals surface area (Å²) < 4.78 is 5.95. The Hall–Kier alpha value is -0.610. The lowest BCUT2D eigenvalue weighted by Gasteiger charge is -2.39. The van der Waals surface area contributed by atoms with Crippen molar-refractivity contribution in [2.45, 2.75) is 58.0 Å². The fraction of sp³-hybridized carbons (Fsp3) is 0.733. The Balaban J connectivity index is 1.60. The first-order valence-electron chi connectivity index (χ1n) is 6.97. The molecule has 2 rings (SSSR count). The van der Waals surface area contributed by atoms with Crippen LogP contribution in [0.1, 0.15) is 45.0 Å². The molecule has 0 unspecified atom stereocenters. The van der Waals surface area contributed by atoms with Gasteiger partial charge in [0, 0.05) is 5.75 Å². The second-order valence-electron chi connectivity index (χ2n) is 6.37. The SMILES string of the molecule is Cc1ccc(CSCC2CC(OC(C)(C)C)C2)nn1. The van der Waals surface area contributed by atoms with E-state index in [1.807, 2.05) is 24.8 Å². The van der Waals surface area contributed by atoms with Gasteiger partial charge in [0.15, 0.2) is 0 Å². The number of hydrogen-bond donors (Lipinski definition) is 0. The van der Waals surface area contributed by atoms with Crippen molar-refractivity contribution in [1.82, 2.24) is 10.2 Å². The molecule has 0 bridgehead atoms. The minimum atomic E-state index is 0.000265. The molecule has 1 saturated carbocycles. The van der Waals surface area contributed by atoms with E-state index in [-0.39, 0.29) is 5.60 Å². The monoisotopic (exact) mass is 280 g/mol. The van der Waals surface area contributed by atoms with Gasteiger partial charge in [-0.2, -0.15) is 22.0 Å². The minimum Gasteiger partial charge on any atom is -0.373 e. The molecule has 0 aromatic carbocycles. The topological polar surface area (TPSA) is 35.0 Å². The van der Waals surface area contributed by atoms with Gasteiger partial charge in [0.1, 0.15) is 0 Å². The van der Waals surface area contributed by atoms with Crippen LogP contribution in [0.5, 0.6) is 0 Å². The van der Waals surface area contributed by atoms with Crippen molar-refractivity contribution in [1.29, 1.82) is 0 Å². The van der Waals surface area contributed by atoms with Crippen LogP contribution in [0.3, 0.4) is 0 Å². The molecule has 3 nitrogen and oxygen atoms in total. The van der Waals surface area contributed by atoms with E-state index in [4.69, 9.17) is 4.74 Å². The third-order valence-corrected chi connectivity index (χ3v) is 4.38. The highest BCUT2D eigenvalue weighted by atomic mass is 32.2. The van der Waals surface area contributed by atoms with Gasteiger partial charge >= 0.3 is 0 Å². The first-order valence-corrected chi connectivity index (χ1v) is 8.12. The van der Waals surface area contributed by atoms with E-state index in [9.17, 15) is 0 Å². The maximum absolute atomic E-state index is 5.95. The molecule has 106 valence electrons. The molecule has 0 aliphatic heterocycles. The van der Waals surface area contributed by atoms with Crippen LogP contribution in [-0.2, 0) is 10.5 Å². The van der Waals surface area contributed by atoms with Gasteiger partial charge in [-0.3, -0.25) is 0 Å². The zero-order valence-corrected chi connectivity index (χ0v) is 13.2. The second kappa shape index (κ2) is 6.23. The van der Waals surface area contributed by atoms with E-state index < -0.39 is 0 Å². The van der Waals surface area contributed by atoms with Crippen molar-refractivity contribution in [2.24, 2.45) is 5.92 Å². The van der Waals surface area contributed by atoms with Gasteiger partial charge in [-0.05, 0) is 64.3 Å². The molecule has 0 saturated heterocycles. The fourth-order valence-corrected chi connectivity index (χ4v) is 3.33. The van der Waals surface area contributed by atoms with Gasteiger partial charge in [0.2, 0.25) is 0 Å². The summed E-state index contributed by atoms with van der Waals surface area (Å²) in [5.41, 5.74) is 2.06. The van der Waals surface area contributed by atoms with Gasteiger partial charge < -0.3 is 4.74 Å². The molecule has 0 atom stereocenters. The Labute approximate surface area is 120 Å². The molecule has 0 N–H and O–H groups in total. The number of rotatable bonds is 5. The Bertz CT molecular complexity index is 394. The van der Waals surface area contributed by atoms with Gasteiger partial charge in [0.05, 0.1) is 23.1 Å². The van der Waals surface area contributed by atoms with Crippen LogP contribution in [0.25, 0.3) is 0 Å². The van der Waals surface area contributed by atoms with E-state index in [0.717, 1.165) is 23.1 Å². The third-order valence-electron chi connectivity index (χ3n) is 3.17. The smallest absolute Gasteiger partial charge is 0.0730 e. The Morgan fingerprint density at radius 1 is 1.26 bits per heavy atom. The van der Waals surface area contributed by atoms with E-state index in [1.54, 1.807) is 0 Å². The molecule has 1 fully saturated rings. The van der Waals surface area contributed by atoms with Crippen LogP contribution < -0.4 is 0 Å². The first kappa shape index (κ1) is 14.8. The van der Waals surface area contributed by atoms with Crippen molar-refractivity contribution >= 4 is 11.8 Å². The van der Waals surface area contributed by atoms with Crippen LogP contribution in [0.2, 0.25) is 0 Å². The van der Waals surface area contributed by atoms with Gasteiger partial charge in [0.25, 0.3) is 0 Å². The molecular weight excluding hydrogens is 256 g/mol. The molecule has 1 aromatic rings. The van der Waals surface area contributed by atoms with Crippen molar-refractivity contribution in [3.8, 4) is 0 Å². The Kier molecular flexibility index (Phi) is 4.85. The summed E-state index contributed by atoms with van der Waals surface area (Å²) in [6.07, 6.45) is 2.90. The van der Waals surface area contributed by atoms with E-state index >= 15 is 0 Å². The summed E-state index contributed by atoms with van der Waals surface area (Å²) in [6, 6.07) is 4.10. The zero-order valence-electron chi connectivity index (χ0n) is 12.3. The van der Waals surface area contributed by atoms with Crippen LogP contribution in [-0.4, -0.2) is 27.7 Å². The summed E-state index contributed by atoms with van der Waals surface area (Å²) in [6.45, 7) is 8.36. The zero-order chi connectivity index (χ0) is 13.9. The van der Waals surface area contributed by atoms with Gasteiger partial charge in [-0.1, -0.05) is 0 Å². The van der Waals surface area contributed by atoms with E-state index in [0.29, 0.717) is 6.10 Å². The lowest BCUT2D eigenvalue weighted by atomic mass is 9.83. The average Bonchev–Trinajstić information content (AvgIpc) is 2.26. The normalized spacial score (nSPS) is 23.2.